The summed E-state index contributed by atoms with van der Waals surface area (Å²) in [4.78, 5) is 42.0. The molecule has 3 aromatic rings. The van der Waals surface area contributed by atoms with E-state index < -0.39 is 17.5 Å². The van der Waals surface area contributed by atoms with E-state index in [2.05, 4.69) is 0 Å². The number of nitrogens with one attached hydrogen (secondary N) is 1. The topological polar surface area (TPSA) is 117 Å². The van der Waals surface area contributed by atoms with E-state index in [1.54, 1.807) is 19.9 Å². The molecule has 0 saturated carbocycles. The van der Waals surface area contributed by atoms with Crippen LogP contribution in [0, 0.1) is 5.41 Å². The van der Waals surface area contributed by atoms with E-state index in [0.717, 1.165) is 16.3 Å². The third-order valence-electron chi connectivity index (χ3n) is 6.40. The molecule has 1 aliphatic rings. The smallest absolute Gasteiger partial charge is 0.328 e. The van der Waals surface area contributed by atoms with Crippen LogP contribution in [0.3, 0.4) is 0 Å². The molecule has 8 heteroatoms. The fourth-order valence-electron chi connectivity index (χ4n) is 4.48. The van der Waals surface area contributed by atoms with Crippen molar-refractivity contribution in [3.05, 3.63) is 83.4 Å². The van der Waals surface area contributed by atoms with Crippen LogP contribution >= 0.6 is 0 Å². The molecular weight excluding hydrogens is 444 g/mol. The maximum Gasteiger partial charge on any atom is 0.328 e. The van der Waals surface area contributed by atoms with E-state index in [-0.39, 0.29) is 37.9 Å². The van der Waals surface area contributed by atoms with Crippen LogP contribution in [0.4, 0.5) is 4.79 Å². The lowest BCUT2D eigenvalue weighted by molar-refractivity contribution is -0.144. The van der Waals surface area contributed by atoms with Crippen molar-refractivity contribution in [2.24, 2.45) is 5.73 Å². The first-order chi connectivity index (χ1) is 16.8. The molecule has 3 amide bonds. The van der Waals surface area contributed by atoms with Gasteiger partial charge in [-0.2, -0.15) is 0 Å². The van der Waals surface area contributed by atoms with E-state index in [1.807, 2.05) is 60.7 Å². The minimum atomic E-state index is -1.25. The van der Waals surface area contributed by atoms with Crippen molar-refractivity contribution in [3.63, 3.8) is 0 Å². The first-order valence-corrected chi connectivity index (χ1v) is 11.5. The number of carbonyl (C=O) groups is 3. The zero-order chi connectivity index (χ0) is 25.2. The van der Waals surface area contributed by atoms with Crippen molar-refractivity contribution >= 4 is 34.5 Å². The van der Waals surface area contributed by atoms with Gasteiger partial charge in [-0.1, -0.05) is 54.6 Å². The normalized spacial score (nSPS) is 17.8. The van der Waals surface area contributed by atoms with Gasteiger partial charge in [0.05, 0.1) is 19.6 Å². The Bertz CT molecular complexity index is 1310. The fourth-order valence-corrected chi connectivity index (χ4v) is 4.48. The molecule has 0 spiro atoms. The van der Waals surface area contributed by atoms with Gasteiger partial charge in [-0.05, 0) is 47.9 Å². The summed E-state index contributed by atoms with van der Waals surface area (Å²) in [6.45, 7) is 3.83. The van der Waals surface area contributed by atoms with Crippen LogP contribution in [0.1, 0.15) is 37.0 Å². The highest BCUT2D eigenvalue weighted by Crippen LogP contribution is 2.38. The Kier molecular flexibility index (Phi) is 6.55. The number of ether oxygens (including phenoxy) is 1. The average Bonchev–Trinajstić information content (AvgIpc) is 3.03. The van der Waals surface area contributed by atoms with Crippen molar-refractivity contribution in [2.75, 3.05) is 13.2 Å². The molecule has 0 radical (unpaired) electrons. The molecule has 1 unspecified atom stereocenters. The number of benzene rings is 3. The number of rotatable bonds is 8. The fraction of sp³-hybridized carbons (Fsp3) is 0.259. The third kappa shape index (κ3) is 4.47. The summed E-state index contributed by atoms with van der Waals surface area (Å²) in [6, 6.07) is 19.8. The summed E-state index contributed by atoms with van der Waals surface area (Å²) in [5.74, 6) is -0.800. The molecule has 3 aromatic carbocycles. The zero-order valence-electron chi connectivity index (χ0n) is 19.8. The second-order valence-electron chi connectivity index (χ2n) is 8.63. The summed E-state index contributed by atoms with van der Waals surface area (Å²) in [5, 5.41) is 9.51. The molecule has 1 saturated heterocycles. The number of hydrogen-bond donors (Lipinski definition) is 2. The summed E-state index contributed by atoms with van der Waals surface area (Å²) in [5.41, 5.74) is 6.42. The van der Waals surface area contributed by atoms with Gasteiger partial charge in [-0.15, -0.1) is 0 Å². The van der Waals surface area contributed by atoms with Crippen LogP contribution in [0.15, 0.2) is 66.7 Å². The Morgan fingerprint density at radius 1 is 1.03 bits per heavy atom. The number of carbonyl (C=O) groups excluding carboxylic acids is 3. The second-order valence-corrected chi connectivity index (χ2v) is 8.63. The summed E-state index contributed by atoms with van der Waals surface area (Å²) < 4.78 is 5.03. The standard InChI is InChI=1S/C27H28N4O4/c1-3-35-23(32)13-14-31-26(34)30(25(33)27(31,2)22-7-5-4-6-8-22)17-18-9-10-19-11-12-20(24(28)29)16-21(19)15-18/h4-12,15-16H,3,13-14,17H2,1-2H3,(H3,28,29). The van der Waals surface area contributed by atoms with E-state index >= 15 is 0 Å². The predicted octanol–water partition coefficient (Wildman–Crippen LogP) is 3.76. The number of amidine groups is 1. The van der Waals surface area contributed by atoms with Crippen molar-refractivity contribution in [1.29, 1.82) is 5.41 Å². The highest BCUT2D eigenvalue weighted by molar-refractivity contribution is 6.07. The lowest BCUT2D eigenvalue weighted by Crippen LogP contribution is -2.45. The first-order valence-electron chi connectivity index (χ1n) is 11.5. The number of nitrogen functional groups attached to an aromatic ring is 1. The van der Waals surface area contributed by atoms with Gasteiger partial charge in [0.2, 0.25) is 0 Å². The SMILES string of the molecule is CCOC(=O)CCN1C(=O)N(Cc2ccc3ccc(C(=N)N)cc3c2)C(=O)C1(C)c1ccccc1. The lowest BCUT2D eigenvalue weighted by Gasteiger charge is -2.32. The van der Waals surface area contributed by atoms with Gasteiger partial charge >= 0.3 is 12.0 Å². The molecule has 1 aliphatic heterocycles. The zero-order valence-corrected chi connectivity index (χ0v) is 19.8. The Morgan fingerprint density at radius 2 is 1.74 bits per heavy atom. The number of amides is 3. The molecular formula is C27H28N4O4. The molecule has 1 atom stereocenters. The number of hydrogen-bond acceptors (Lipinski definition) is 5. The van der Waals surface area contributed by atoms with Crippen LogP contribution in [0.2, 0.25) is 0 Å². The van der Waals surface area contributed by atoms with Crippen LogP contribution in [-0.2, 0) is 26.4 Å². The number of nitrogens with two attached hydrogens (primary N) is 1. The summed E-state index contributed by atoms with van der Waals surface area (Å²) >= 11 is 0. The minimum Gasteiger partial charge on any atom is -0.466 e. The summed E-state index contributed by atoms with van der Waals surface area (Å²) in [7, 11) is 0. The van der Waals surface area contributed by atoms with Crippen LogP contribution in [0.5, 0.6) is 0 Å². The van der Waals surface area contributed by atoms with Crippen LogP contribution < -0.4 is 5.73 Å². The average molecular weight is 473 g/mol. The monoisotopic (exact) mass is 472 g/mol. The maximum absolute atomic E-state index is 13.7. The molecule has 1 fully saturated rings. The molecule has 4 rings (SSSR count). The number of fused-ring (bicyclic) bond motifs is 1. The van der Waals surface area contributed by atoms with Gasteiger partial charge in [0.15, 0.2) is 0 Å². The molecule has 35 heavy (non-hydrogen) atoms. The van der Waals surface area contributed by atoms with Crippen molar-refractivity contribution in [3.8, 4) is 0 Å². The van der Waals surface area contributed by atoms with Crippen molar-refractivity contribution in [2.45, 2.75) is 32.4 Å². The van der Waals surface area contributed by atoms with E-state index in [4.69, 9.17) is 15.9 Å². The van der Waals surface area contributed by atoms with Crippen molar-refractivity contribution < 1.29 is 19.1 Å². The maximum atomic E-state index is 13.7. The van der Waals surface area contributed by atoms with Crippen LogP contribution in [-0.4, -0.2) is 46.7 Å². The molecule has 0 aromatic heterocycles. The minimum absolute atomic E-state index is 0.00702. The van der Waals surface area contributed by atoms with Gasteiger partial charge in [0.25, 0.3) is 5.91 Å². The van der Waals surface area contributed by atoms with E-state index in [1.165, 1.54) is 9.80 Å². The number of esters is 1. The van der Waals surface area contributed by atoms with Gasteiger partial charge in [0.1, 0.15) is 11.4 Å². The molecule has 0 bridgehead atoms. The van der Waals surface area contributed by atoms with Crippen LogP contribution in [0.25, 0.3) is 10.8 Å². The van der Waals surface area contributed by atoms with E-state index in [9.17, 15) is 14.4 Å². The quantitative estimate of drug-likeness (QED) is 0.224. The molecule has 1 heterocycles. The Labute approximate surface area is 203 Å². The number of urea groups is 1. The van der Waals surface area contributed by atoms with Gasteiger partial charge in [-0.25, -0.2) is 4.79 Å². The molecule has 180 valence electrons. The number of nitrogens with zero attached hydrogens (tertiary/aromatic N) is 2. The highest BCUT2D eigenvalue weighted by Gasteiger charge is 2.55. The highest BCUT2D eigenvalue weighted by atomic mass is 16.5. The Hall–Kier alpha value is -4.20. The summed E-state index contributed by atoms with van der Waals surface area (Å²) in [6.07, 6.45) is -0.00702. The van der Waals surface area contributed by atoms with Gasteiger partial charge < -0.3 is 15.4 Å². The molecule has 8 nitrogen and oxygen atoms in total. The van der Waals surface area contributed by atoms with Gasteiger partial charge in [0, 0.05) is 12.1 Å². The van der Waals surface area contributed by atoms with Gasteiger partial charge in [-0.3, -0.25) is 19.9 Å². The van der Waals surface area contributed by atoms with E-state index in [0.29, 0.717) is 11.1 Å². The van der Waals surface area contributed by atoms with Crippen molar-refractivity contribution in [1.82, 2.24) is 9.80 Å². The lowest BCUT2D eigenvalue weighted by atomic mass is 9.90. The molecule has 0 aliphatic carbocycles. The number of imide groups is 1. The third-order valence-corrected chi connectivity index (χ3v) is 6.40. The molecule has 3 N–H and O–H groups in total. The predicted molar refractivity (Wildman–Crippen MR) is 133 cm³/mol. The first kappa shape index (κ1) is 23.9. The Morgan fingerprint density at radius 3 is 2.43 bits per heavy atom. The largest absolute Gasteiger partial charge is 0.466 e. The second kappa shape index (κ2) is 9.58. The Balaban J connectivity index is 1.67.